The molecule has 1 aliphatic heterocycles. The molecule has 1 aliphatic carbocycles. The highest BCUT2D eigenvalue weighted by Crippen LogP contribution is 2.47. The summed E-state index contributed by atoms with van der Waals surface area (Å²) in [4.78, 5) is 0. The third kappa shape index (κ3) is 4.98. The summed E-state index contributed by atoms with van der Waals surface area (Å²) in [5, 5.41) is 2.66. The van der Waals surface area contributed by atoms with Gasteiger partial charge in [0.2, 0.25) is 0 Å². The summed E-state index contributed by atoms with van der Waals surface area (Å²) >= 11 is 0. The van der Waals surface area contributed by atoms with Crippen molar-refractivity contribution in [2.75, 3.05) is 0 Å². The normalized spacial score (nSPS) is 18.9. The van der Waals surface area contributed by atoms with Gasteiger partial charge >= 0.3 is 6.92 Å². The van der Waals surface area contributed by atoms with Gasteiger partial charge in [-0.25, -0.2) is 0 Å². The first-order valence-corrected chi connectivity index (χ1v) is 15.3. The molecule has 0 amide bonds. The van der Waals surface area contributed by atoms with E-state index in [0.29, 0.717) is 6.04 Å². The summed E-state index contributed by atoms with van der Waals surface area (Å²) in [7, 11) is 0. The average molecular weight is 534 g/mol. The average Bonchev–Trinajstić information content (AvgIpc) is 3.41. The van der Waals surface area contributed by atoms with Gasteiger partial charge in [0.25, 0.3) is 0 Å². The summed E-state index contributed by atoms with van der Waals surface area (Å²) in [5.41, 5.74) is 9.21. The zero-order chi connectivity index (χ0) is 29.2. The number of rotatable bonds is 3. The largest absolute Gasteiger partial charge is 0.426 e. The van der Waals surface area contributed by atoms with E-state index in [1.807, 2.05) is 27.7 Å². The highest BCUT2D eigenvalue weighted by Gasteiger charge is 2.50. The summed E-state index contributed by atoms with van der Waals surface area (Å²) < 4.78 is 9.44. The lowest BCUT2D eigenvalue weighted by Gasteiger charge is -2.34. The molecule has 2 nitrogen and oxygen atoms in total. The van der Waals surface area contributed by atoms with E-state index in [0.717, 1.165) is 12.7 Å². The molecular formula is C37H48BNO. The van der Waals surface area contributed by atoms with Crippen molar-refractivity contribution in [1.82, 2.24) is 4.57 Å². The Morgan fingerprint density at radius 3 is 2.15 bits per heavy atom. The number of fused-ring (bicyclic) bond motifs is 3. The molecule has 0 N–H and O–H groups in total. The molecule has 2 aliphatic rings. The third-order valence-electron chi connectivity index (χ3n) is 9.08. The molecule has 40 heavy (non-hydrogen) atoms. The van der Waals surface area contributed by atoms with Gasteiger partial charge in [-0.05, 0) is 79.6 Å². The van der Waals surface area contributed by atoms with Crippen molar-refractivity contribution in [1.29, 1.82) is 0 Å². The van der Waals surface area contributed by atoms with E-state index >= 15 is 0 Å². The lowest BCUT2D eigenvalue weighted by atomic mass is 9.52. The van der Waals surface area contributed by atoms with Crippen molar-refractivity contribution in [3.8, 4) is 11.1 Å². The van der Waals surface area contributed by atoms with Gasteiger partial charge < -0.3 is 9.22 Å². The van der Waals surface area contributed by atoms with E-state index in [2.05, 4.69) is 125 Å². The summed E-state index contributed by atoms with van der Waals surface area (Å²) in [6.07, 6.45) is 11.0. The molecule has 0 bridgehead atoms. The van der Waals surface area contributed by atoms with Crippen molar-refractivity contribution < 1.29 is 4.65 Å². The van der Waals surface area contributed by atoms with Crippen LogP contribution in [0.3, 0.4) is 0 Å². The zero-order valence-corrected chi connectivity index (χ0v) is 26.4. The first-order chi connectivity index (χ1) is 19.2. The smallest absolute Gasteiger partial charge is 0.328 e. The van der Waals surface area contributed by atoms with Crippen LogP contribution in [-0.2, 0) is 4.65 Å². The molecule has 1 saturated heterocycles. The van der Waals surface area contributed by atoms with Crippen molar-refractivity contribution in [3.05, 3.63) is 90.0 Å². The molecule has 0 radical (unpaired) electrons. The van der Waals surface area contributed by atoms with Crippen molar-refractivity contribution in [3.63, 3.8) is 0 Å². The lowest BCUT2D eigenvalue weighted by molar-refractivity contribution is 0.0375. The summed E-state index contributed by atoms with van der Waals surface area (Å²) in [5.74, 6) is 0. The van der Waals surface area contributed by atoms with Gasteiger partial charge in [-0.15, -0.1) is 0 Å². The number of para-hydroxylation sites is 1. The Hall–Kier alpha value is -3.04. The van der Waals surface area contributed by atoms with E-state index in [-0.39, 0.29) is 17.9 Å². The summed E-state index contributed by atoms with van der Waals surface area (Å²) in [6, 6.07) is 20.5. The Labute approximate surface area is 243 Å². The maximum absolute atomic E-state index is 6.86. The van der Waals surface area contributed by atoms with Crippen LogP contribution in [0.5, 0.6) is 0 Å². The zero-order valence-electron chi connectivity index (χ0n) is 26.4. The minimum atomic E-state index is -0.184. The minimum absolute atomic E-state index is 0.0623. The predicted molar refractivity (Wildman–Crippen MR) is 178 cm³/mol. The second kappa shape index (κ2) is 11.8. The Bertz CT molecular complexity index is 1540. The molecule has 3 aromatic carbocycles. The second-order valence-corrected chi connectivity index (χ2v) is 11.9. The molecule has 2 heterocycles. The maximum Gasteiger partial charge on any atom is 0.328 e. The molecule has 0 saturated carbocycles. The Kier molecular flexibility index (Phi) is 8.85. The molecule has 6 rings (SSSR count). The van der Waals surface area contributed by atoms with Gasteiger partial charge in [-0.2, -0.15) is 0 Å². The van der Waals surface area contributed by atoms with Gasteiger partial charge in [-0.1, -0.05) is 114 Å². The van der Waals surface area contributed by atoms with Crippen LogP contribution in [-0.4, -0.2) is 17.1 Å². The number of aromatic nitrogens is 1. The summed E-state index contributed by atoms with van der Waals surface area (Å²) in [6.45, 7) is 21.8. The molecule has 210 valence electrons. The highest BCUT2D eigenvalue weighted by atomic mass is 16.5. The molecular weight excluding hydrogens is 485 g/mol. The predicted octanol–water partition coefficient (Wildman–Crippen LogP) is 10.2. The SMILES string of the molecule is CC.CC.Cc1ccccc1-c1c(B2CC(C)(C)C(C)(C)O2)cc2c3ccccc3n(C3C=CC=CC3)c2c1C. The quantitative estimate of drug-likeness (QED) is 0.239. The number of allylic oxidation sites excluding steroid dienone is 4. The molecule has 3 heteroatoms. The van der Waals surface area contributed by atoms with E-state index in [1.165, 1.54) is 49.5 Å². The molecule has 1 atom stereocenters. The fourth-order valence-corrected chi connectivity index (χ4v) is 6.39. The first-order valence-electron chi connectivity index (χ1n) is 15.3. The lowest BCUT2D eigenvalue weighted by Crippen LogP contribution is -2.36. The third-order valence-corrected chi connectivity index (χ3v) is 9.08. The van der Waals surface area contributed by atoms with E-state index in [9.17, 15) is 0 Å². The van der Waals surface area contributed by atoms with Gasteiger partial charge in [0.05, 0.1) is 17.2 Å². The van der Waals surface area contributed by atoms with Crippen LogP contribution in [0.15, 0.2) is 78.9 Å². The fourth-order valence-electron chi connectivity index (χ4n) is 6.39. The number of nitrogens with zero attached hydrogens (tertiary/aromatic N) is 1. The van der Waals surface area contributed by atoms with Crippen LogP contribution in [0, 0.1) is 19.3 Å². The number of hydrogen-bond acceptors (Lipinski definition) is 1. The molecule has 1 unspecified atom stereocenters. The van der Waals surface area contributed by atoms with Gasteiger partial charge in [-0.3, -0.25) is 0 Å². The molecule has 4 aromatic rings. The van der Waals surface area contributed by atoms with Crippen molar-refractivity contribution in [2.24, 2.45) is 5.41 Å². The molecule has 0 spiro atoms. The van der Waals surface area contributed by atoms with Crippen LogP contribution >= 0.6 is 0 Å². The minimum Gasteiger partial charge on any atom is -0.426 e. The monoisotopic (exact) mass is 533 g/mol. The van der Waals surface area contributed by atoms with Crippen LogP contribution in [0.2, 0.25) is 6.32 Å². The Morgan fingerprint density at radius 2 is 1.52 bits per heavy atom. The van der Waals surface area contributed by atoms with Crippen molar-refractivity contribution in [2.45, 2.75) is 93.6 Å². The van der Waals surface area contributed by atoms with E-state index in [1.54, 1.807) is 0 Å². The molecule has 1 fully saturated rings. The van der Waals surface area contributed by atoms with E-state index < -0.39 is 0 Å². The van der Waals surface area contributed by atoms with Crippen LogP contribution in [0.4, 0.5) is 0 Å². The second-order valence-electron chi connectivity index (χ2n) is 11.9. The highest BCUT2D eigenvalue weighted by molar-refractivity contribution is 6.70. The van der Waals surface area contributed by atoms with Crippen LogP contribution in [0.1, 0.15) is 79.0 Å². The van der Waals surface area contributed by atoms with Crippen LogP contribution < -0.4 is 5.46 Å². The van der Waals surface area contributed by atoms with Gasteiger partial charge in [0.15, 0.2) is 0 Å². The Morgan fingerprint density at radius 1 is 0.850 bits per heavy atom. The van der Waals surface area contributed by atoms with Crippen LogP contribution in [0.25, 0.3) is 32.9 Å². The van der Waals surface area contributed by atoms with Gasteiger partial charge in [0, 0.05) is 16.3 Å². The fraction of sp³-hybridized carbons (Fsp3) is 0.405. The Balaban J connectivity index is 0.000000886. The van der Waals surface area contributed by atoms with Gasteiger partial charge in [0.1, 0.15) is 0 Å². The topological polar surface area (TPSA) is 14.2 Å². The maximum atomic E-state index is 6.86. The van der Waals surface area contributed by atoms with E-state index in [4.69, 9.17) is 4.65 Å². The standard InChI is InChI=1S/C33H36BNO.2C2H6/c1-22-14-10-11-17-25(22)30-23(2)31-27(20-28(30)34-21-32(3,4)33(5,6)36-34)26-18-12-13-19-29(26)35(31)24-15-8-7-9-16-24;2*1-2/h7-15,17-20,24H,16,21H2,1-6H3;2*1-2H3. The number of hydrogen-bond donors (Lipinski definition) is 0. The number of aryl methyl sites for hydroxylation is 2. The van der Waals surface area contributed by atoms with Crippen molar-refractivity contribution >= 4 is 34.2 Å². The number of benzene rings is 3. The molecule has 1 aromatic heterocycles. The first kappa shape index (κ1) is 29.9.